The lowest BCUT2D eigenvalue weighted by atomic mass is 10.2. The normalized spacial score (nSPS) is 11.2. The van der Waals surface area contributed by atoms with Crippen LogP contribution in [0.4, 0.5) is 0 Å². The Balaban J connectivity index is 0.000000489. The summed E-state index contributed by atoms with van der Waals surface area (Å²) in [5.41, 5.74) is 0.735. The molecule has 0 atom stereocenters. The molecule has 0 N–H and O–H groups in total. The maximum atomic E-state index is 13.0. The van der Waals surface area contributed by atoms with Crippen molar-refractivity contribution in [1.29, 1.82) is 0 Å². The van der Waals surface area contributed by atoms with Gasteiger partial charge in [-0.3, -0.25) is 9.78 Å². The minimum atomic E-state index is -3.77. The number of rotatable bonds is 8. The Bertz CT molecular complexity index is 1080. The monoisotopic (exact) mass is 504 g/mol. The Hall–Kier alpha value is -2.09. The fourth-order valence-electron chi connectivity index (χ4n) is 2.42. The number of Topliss-reactive ketones (excluding diaryl/α,β-unsaturated/α-hetero) is 1. The summed E-state index contributed by atoms with van der Waals surface area (Å²) < 4.78 is 28.2. The molecule has 0 aliphatic carbocycles. The van der Waals surface area contributed by atoms with Crippen molar-refractivity contribution in [3.8, 4) is 0 Å². The first-order valence-electron chi connectivity index (χ1n) is 11.9. The summed E-state index contributed by atoms with van der Waals surface area (Å²) in [6, 6.07) is 10.4. The van der Waals surface area contributed by atoms with E-state index in [1.807, 2.05) is 11.4 Å². The second-order valence-corrected chi connectivity index (χ2v) is 11.9. The molecule has 5 nitrogen and oxygen atoms in total. The molecule has 0 saturated carbocycles. The summed E-state index contributed by atoms with van der Waals surface area (Å²) in [6.07, 6.45) is 5.84. The number of fused-ring (bicyclic) bond motifs is 1. The average Bonchev–Trinajstić information content (AvgIpc) is 3.28. The van der Waals surface area contributed by atoms with Gasteiger partial charge in [0, 0.05) is 23.6 Å². The first-order valence-corrected chi connectivity index (χ1v) is 14.2. The molecule has 2 aromatic heterocycles. The van der Waals surface area contributed by atoms with Gasteiger partial charge in [-0.2, -0.15) is 4.31 Å². The maximum absolute atomic E-state index is 13.0. The summed E-state index contributed by atoms with van der Waals surface area (Å²) in [4.78, 5) is 15.8. The number of carbonyl (C=O) groups is 1. The number of aromatic nitrogens is 1. The van der Waals surface area contributed by atoms with Gasteiger partial charge in [-0.25, -0.2) is 8.42 Å². The molecule has 188 valence electrons. The lowest BCUT2D eigenvalue weighted by Crippen LogP contribution is -2.34. The van der Waals surface area contributed by atoms with E-state index in [1.165, 1.54) is 24.1 Å². The smallest absolute Gasteiger partial charge is 0.243 e. The highest BCUT2D eigenvalue weighted by Crippen LogP contribution is 2.26. The van der Waals surface area contributed by atoms with Crippen molar-refractivity contribution >= 4 is 37.2 Å². The Morgan fingerprint density at radius 2 is 1.65 bits per heavy atom. The predicted molar refractivity (Wildman–Crippen MR) is 145 cm³/mol. The molecule has 0 fully saturated rings. The van der Waals surface area contributed by atoms with E-state index in [9.17, 15) is 13.2 Å². The third kappa shape index (κ3) is 10.5. The number of benzene rings is 1. The highest BCUT2D eigenvalue weighted by atomic mass is 32.2. The Morgan fingerprint density at radius 3 is 2.15 bits per heavy atom. The molecule has 0 aliphatic rings. The molecule has 0 unspecified atom stereocenters. The van der Waals surface area contributed by atoms with Gasteiger partial charge < -0.3 is 0 Å². The second-order valence-electron chi connectivity index (χ2n) is 9.06. The third-order valence-corrected chi connectivity index (χ3v) is 7.86. The molecule has 2 heterocycles. The molecule has 0 bridgehead atoms. The fraction of sp³-hybridized carbons (Fsp3) is 0.481. The van der Waals surface area contributed by atoms with Crippen LogP contribution in [0.3, 0.4) is 0 Å². The van der Waals surface area contributed by atoms with Crippen LogP contribution in [0.2, 0.25) is 0 Å². The zero-order valence-corrected chi connectivity index (χ0v) is 23.2. The Labute approximate surface area is 210 Å². The molecule has 0 radical (unpaired) electrons. The van der Waals surface area contributed by atoms with Gasteiger partial charge in [-0.15, -0.1) is 11.3 Å². The zero-order chi connectivity index (χ0) is 25.7. The molecule has 7 heteroatoms. The number of hydrogen-bond donors (Lipinski definition) is 0. The third-order valence-electron chi connectivity index (χ3n) is 5.18. The van der Waals surface area contributed by atoms with Gasteiger partial charge in [0.1, 0.15) is 5.78 Å². The molecular formula is C27H40N2O3S2. The predicted octanol–water partition coefficient (Wildman–Crippen LogP) is 7.18. The van der Waals surface area contributed by atoms with Gasteiger partial charge in [0.15, 0.2) is 0 Å². The zero-order valence-electron chi connectivity index (χ0n) is 21.6. The lowest BCUT2D eigenvalue weighted by Gasteiger charge is -2.21. The van der Waals surface area contributed by atoms with Gasteiger partial charge in [0.25, 0.3) is 0 Å². The lowest BCUT2D eigenvalue weighted by molar-refractivity contribution is -0.117. The summed E-state index contributed by atoms with van der Waals surface area (Å²) >= 11 is 1.56. The summed E-state index contributed by atoms with van der Waals surface area (Å²) in [5, 5.41) is 2.80. The van der Waals surface area contributed by atoms with E-state index in [4.69, 9.17) is 0 Å². The first-order chi connectivity index (χ1) is 16.0. The molecule has 0 amide bonds. The van der Waals surface area contributed by atoms with E-state index >= 15 is 0 Å². The van der Waals surface area contributed by atoms with Crippen molar-refractivity contribution in [3.63, 3.8) is 0 Å². The van der Waals surface area contributed by atoms with Crippen LogP contribution in [0, 0.1) is 11.8 Å². The first kappa shape index (κ1) is 29.9. The summed E-state index contributed by atoms with van der Waals surface area (Å²) in [7, 11) is -3.77. The van der Waals surface area contributed by atoms with Crippen molar-refractivity contribution in [2.75, 3.05) is 6.54 Å². The quantitative estimate of drug-likeness (QED) is 0.326. The highest BCUT2D eigenvalue weighted by Gasteiger charge is 2.26. The minimum Gasteiger partial charge on any atom is -0.299 e. The summed E-state index contributed by atoms with van der Waals surface area (Å²) in [6.45, 7) is 14.6. The van der Waals surface area contributed by atoms with E-state index in [0.29, 0.717) is 0 Å². The van der Waals surface area contributed by atoms with Gasteiger partial charge in [-0.05, 0) is 65.4 Å². The number of sulfonamides is 1. The second kappa shape index (κ2) is 15.0. The number of thiophene rings is 1. The van der Waals surface area contributed by atoms with Crippen LogP contribution in [-0.4, -0.2) is 30.0 Å². The Kier molecular flexibility index (Phi) is 13.2. The van der Waals surface area contributed by atoms with Crippen LogP contribution in [-0.2, 0) is 21.4 Å². The minimum absolute atomic E-state index is 0.109. The van der Waals surface area contributed by atoms with Crippen LogP contribution in [0.5, 0.6) is 0 Å². The number of pyridine rings is 1. The van der Waals surface area contributed by atoms with Gasteiger partial charge >= 0.3 is 0 Å². The fourth-order valence-corrected chi connectivity index (χ4v) is 4.68. The van der Waals surface area contributed by atoms with Crippen LogP contribution in [0.25, 0.3) is 10.1 Å². The molecule has 34 heavy (non-hydrogen) atoms. The maximum Gasteiger partial charge on any atom is 0.243 e. The molecule has 1 aromatic carbocycles. The van der Waals surface area contributed by atoms with Crippen LogP contribution >= 0.6 is 11.3 Å². The van der Waals surface area contributed by atoms with Crippen molar-refractivity contribution in [2.45, 2.75) is 72.7 Å². The van der Waals surface area contributed by atoms with E-state index in [0.717, 1.165) is 27.5 Å². The molecule has 0 aliphatic heterocycles. The molecular weight excluding hydrogens is 464 g/mol. The number of carbonyl (C=O) groups excluding carboxylic acids is 1. The van der Waals surface area contributed by atoms with Crippen molar-refractivity contribution in [2.24, 2.45) is 11.8 Å². The molecule has 0 saturated heterocycles. The standard InChI is InChI=1S/C17H16N2O3S2.2C5H12/c1-13(20)11-19(12-14-3-2-7-18-10-14)24(21,22)16-4-5-17-15(9-16)6-8-23-17;2*1-4-5(2)3/h2-10H,11-12H2,1H3;2*5H,4H2,1-3H3. The number of hydrogen-bond acceptors (Lipinski definition) is 5. The molecule has 3 aromatic rings. The van der Waals surface area contributed by atoms with Crippen molar-refractivity contribution in [1.82, 2.24) is 9.29 Å². The van der Waals surface area contributed by atoms with E-state index in [1.54, 1.807) is 54.1 Å². The van der Waals surface area contributed by atoms with Crippen LogP contribution < -0.4 is 0 Å². The number of nitrogens with zero attached hydrogens (tertiary/aromatic N) is 2. The highest BCUT2D eigenvalue weighted by molar-refractivity contribution is 7.89. The number of ketones is 1. The largest absolute Gasteiger partial charge is 0.299 e. The van der Waals surface area contributed by atoms with E-state index in [-0.39, 0.29) is 23.8 Å². The molecule has 0 spiro atoms. The summed E-state index contributed by atoms with van der Waals surface area (Å²) in [5.74, 6) is 1.56. The van der Waals surface area contributed by atoms with Crippen molar-refractivity contribution < 1.29 is 13.2 Å². The van der Waals surface area contributed by atoms with Crippen LogP contribution in [0.1, 0.15) is 66.9 Å². The van der Waals surface area contributed by atoms with E-state index in [2.05, 4.69) is 46.5 Å². The van der Waals surface area contributed by atoms with Crippen LogP contribution in [0.15, 0.2) is 59.1 Å². The molecule has 3 rings (SSSR count). The SMILES string of the molecule is CC(=O)CN(Cc1cccnc1)S(=O)(=O)c1ccc2sccc2c1.CCC(C)C.CCC(C)C. The van der Waals surface area contributed by atoms with E-state index < -0.39 is 10.0 Å². The van der Waals surface area contributed by atoms with Gasteiger partial charge in [0.05, 0.1) is 11.4 Å². The average molecular weight is 505 g/mol. The van der Waals surface area contributed by atoms with Gasteiger partial charge in [0.2, 0.25) is 10.0 Å². The Morgan fingerprint density at radius 1 is 1.03 bits per heavy atom. The van der Waals surface area contributed by atoms with Crippen molar-refractivity contribution in [3.05, 3.63) is 59.7 Å². The topological polar surface area (TPSA) is 67.3 Å². The van der Waals surface area contributed by atoms with Gasteiger partial charge in [-0.1, -0.05) is 60.5 Å².